The van der Waals surface area contributed by atoms with Crippen molar-refractivity contribution in [3.8, 4) is 5.69 Å². The molecule has 1 aromatic heterocycles. The van der Waals surface area contributed by atoms with Crippen LogP contribution in [0, 0.1) is 6.92 Å². The fraction of sp³-hybridized carbons (Fsp3) is 0.179. The van der Waals surface area contributed by atoms with Gasteiger partial charge in [-0.3, -0.25) is 9.10 Å². The van der Waals surface area contributed by atoms with Gasteiger partial charge in [-0.05, 0) is 54.8 Å². The van der Waals surface area contributed by atoms with Crippen molar-refractivity contribution in [3.05, 3.63) is 107 Å². The number of rotatable bonds is 9. The number of sulfonamides is 1. The molecule has 0 atom stereocenters. The van der Waals surface area contributed by atoms with Gasteiger partial charge in [0.2, 0.25) is 0 Å². The summed E-state index contributed by atoms with van der Waals surface area (Å²) in [7, 11) is -4.01. The van der Waals surface area contributed by atoms with Crippen LogP contribution in [-0.4, -0.2) is 36.9 Å². The molecule has 38 heavy (non-hydrogen) atoms. The van der Waals surface area contributed by atoms with E-state index >= 15 is 0 Å². The topological polar surface area (TPSA) is 96.7 Å². The van der Waals surface area contributed by atoms with Gasteiger partial charge < -0.3 is 0 Å². The van der Waals surface area contributed by atoms with E-state index in [1.54, 1.807) is 35.0 Å². The van der Waals surface area contributed by atoms with Gasteiger partial charge in [-0.15, -0.1) is 0 Å². The number of hydrogen-bond donors (Lipinski definition) is 1. The number of nitrogens with one attached hydrogen (secondary N) is 1. The highest BCUT2D eigenvalue weighted by molar-refractivity contribution is 7.92. The van der Waals surface area contributed by atoms with E-state index in [2.05, 4.69) is 29.5 Å². The average Bonchev–Trinajstić information content (AvgIpc) is 3.21. The number of aromatic nitrogens is 2. The third kappa shape index (κ3) is 5.95. The third-order valence-corrected chi connectivity index (χ3v) is 8.03. The van der Waals surface area contributed by atoms with Crippen LogP contribution >= 0.6 is 11.6 Å². The van der Waals surface area contributed by atoms with Gasteiger partial charge in [0.25, 0.3) is 15.9 Å². The quantitative estimate of drug-likeness (QED) is 0.226. The molecule has 0 aliphatic heterocycles. The number of carbonyl (C=O) groups is 1. The molecule has 1 amide bonds. The lowest BCUT2D eigenvalue weighted by Crippen LogP contribution is -2.39. The molecule has 196 valence electrons. The zero-order valence-corrected chi connectivity index (χ0v) is 22.8. The van der Waals surface area contributed by atoms with Crippen LogP contribution in [0.3, 0.4) is 0 Å². The number of para-hydroxylation sites is 1. The van der Waals surface area contributed by atoms with E-state index in [4.69, 9.17) is 11.6 Å². The lowest BCUT2D eigenvalue weighted by atomic mass is 10.0. The SMILES string of the molecule is Cc1c(/C=N\NC(=O)CN(c2ccc(C(C)C)cc2)S(=O)(=O)c2ccccc2)c(Cl)nn1-c1ccccc1. The lowest BCUT2D eigenvalue weighted by molar-refractivity contribution is -0.119. The zero-order valence-electron chi connectivity index (χ0n) is 21.2. The predicted molar refractivity (Wildman–Crippen MR) is 151 cm³/mol. The van der Waals surface area contributed by atoms with Gasteiger partial charge in [0.1, 0.15) is 6.54 Å². The minimum absolute atomic E-state index is 0.0833. The minimum atomic E-state index is -4.01. The van der Waals surface area contributed by atoms with Crippen molar-refractivity contribution in [1.29, 1.82) is 0 Å². The van der Waals surface area contributed by atoms with Crippen molar-refractivity contribution >= 4 is 39.4 Å². The Labute approximate surface area is 227 Å². The van der Waals surface area contributed by atoms with Gasteiger partial charge >= 0.3 is 0 Å². The van der Waals surface area contributed by atoms with Crippen LogP contribution in [0.25, 0.3) is 5.69 Å². The molecular formula is C28H28ClN5O3S. The Kier molecular flexibility index (Phi) is 8.29. The predicted octanol–water partition coefficient (Wildman–Crippen LogP) is 5.30. The maximum atomic E-state index is 13.5. The Morgan fingerprint density at radius 2 is 1.63 bits per heavy atom. The first-order valence-corrected chi connectivity index (χ1v) is 13.8. The normalized spacial score (nSPS) is 11.7. The molecule has 3 aromatic carbocycles. The Morgan fingerprint density at radius 3 is 2.24 bits per heavy atom. The van der Waals surface area contributed by atoms with Crippen LogP contribution < -0.4 is 9.73 Å². The number of amides is 1. The molecule has 1 heterocycles. The molecule has 4 rings (SSSR count). The highest BCUT2D eigenvalue weighted by Gasteiger charge is 2.27. The number of hydrogen-bond acceptors (Lipinski definition) is 5. The van der Waals surface area contributed by atoms with Crippen molar-refractivity contribution in [2.75, 3.05) is 10.8 Å². The number of nitrogens with zero attached hydrogens (tertiary/aromatic N) is 4. The summed E-state index contributed by atoms with van der Waals surface area (Å²) in [6, 6.07) is 24.6. The molecule has 0 saturated heterocycles. The van der Waals surface area contributed by atoms with Gasteiger partial charge in [0.05, 0.1) is 33.7 Å². The van der Waals surface area contributed by atoms with E-state index in [0.29, 0.717) is 11.3 Å². The first-order chi connectivity index (χ1) is 18.2. The van der Waals surface area contributed by atoms with Gasteiger partial charge in [-0.2, -0.15) is 10.2 Å². The van der Waals surface area contributed by atoms with Crippen LogP contribution in [0.15, 0.2) is 94.9 Å². The molecule has 8 nitrogen and oxygen atoms in total. The Hall–Kier alpha value is -3.95. The van der Waals surface area contributed by atoms with Gasteiger partial charge in [-0.1, -0.05) is 74.0 Å². The molecule has 0 aliphatic rings. The summed E-state index contributed by atoms with van der Waals surface area (Å²) in [5, 5.41) is 8.59. The van der Waals surface area contributed by atoms with E-state index in [1.807, 2.05) is 49.4 Å². The summed E-state index contributed by atoms with van der Waals surface area (Å²) in [5.74, 6) is -0.333. The largest absolute Gasteiger partial charge is 0.271 e. The Morgan fingerprint density at radius 1 is 1.03 bits per heavy atom. The van der Waals surface area contributed by atoms with Gasteiger partial charge in [0.15, 0.2) is 5.15 Å². The summed E-state index contributed by atoms with van der Waals surface area (Å²) < 4.78 is 29.7. The fourth-order valence-electron chi connectivity index (χ4n) is 3.84. The van der Waals surface area contributed by atoms with Crippen molar-refractivity contribution in [3.63, 3.8) is 0 Å². The standard InChI is InChI=1S/C28H28ClN5O3S/c1-20(2)22-14-16-23(17-15-22)33(38(36,37)25-12-8-5-9-13-25)19-27(35)31-30-18-26-21(3)34(32-28(26)29)24-10-6-4-7-11-24/h4-18,20H,19H2,1-3H3,(H,31,35)/b30-18-. The van der Waals surface area contributed by atoms with E-state index in [0.717, 1.165) is 21.2 Å². The third-order valence-electron chi connectivity index (χ3n) is 5.97. The van der Waals surface area contributed by atoms with Crippen LogP contribution in [0.4, 0.5) is 5.69 Å². The molecule has 1 N–H and O–H groups in total. The van der Waals surface area contributed by atoms with Crippen molar-refractivity contribution in [2.24, 2.45) is 5.10 Å². The molecule has 0 bridgehead atoms. The number of anilines is 1. The van der Waals surface area contributed by atoms with E-state index < -0.39 is 22.5 Å². The molecule has 10 heteroatoms. The van der Waals surface area contributed by atoms with E-state index in [1.165, 1.54) is 18.3 Å². The summed E-state index contributed by atoms with van der Waals surface area (Å²) in [6.07, 6.45) is 1.40. The highest BCUT2D eigenvalue weighted by atomic mass is 35.5. The molecule has 4 aromatic rings. The zero-order chi connectivity index (χ0) is 27.3. The Bertz CT molecular complexity index is 1530. The molecule has 0 radical (unpaired) electrons. The maximum Gasteiger partial charge on any atom is 0.264 e. The highest BCUT2D eigenvalue weighted by Crippen LogP contribution is 2.26. The fourth-order valence-corrected chi connectivity index (χ4v) is 5.55. The monoisotopic (exact) mass is 549 g/mol. The molecular weight excluding hydrogens is 522 g/mol. The van der Waals surface area contributed by atoms with E-state index in [9.17, 15) is 13.2 Å². The molecule has 0 unspecified atom stereocenters. The van der Waals surface area contributed by atoms with Crippen molar-refractivity contribution in [2.45, 2.75) is 31.6 Å². The summed E-state index contributed by atoms with van der Waals surface area (Å²) in [6.45, 7) is 5.47. The number of carbonyl (C=O) groups excluding carboxylic acids is 1. The number of halogens is 1. The van der Waals surface area contributed by atoms with Crippen LogP contribution in [0.5, 0.6) is 0 Å². The van der Waals surface area contributed by atoms with Gasteiger partial charge in [-0.25, -0.2) is 18.5 Å². The van der Waals surface area contributed by atoms with Crippen molar-refractivity contribution in [1.82, 2.24) is 15.2 Å². The summed E-state index contributed by atoms with van der Waals surface area (Å²) in [4.78, 5) is 13.0. The number of hydrazone groups is 1. The summed E-state index contributed by atoms with van der Waals surface area (Å²) >= 11 is 6.32. The second-order valence-electron chi connectivity index (χ2n) is 8.90. The molecule has 0 spiro atoms. The minimum Gasteiger partial charge on any atom is -0.271 e. The van der Waals surface area contributed by atoms with Crippen LogP contribution in [0.1, 0.15) is 36.6 Å². The smallest absolute Gasteiger partial charge is 0.264 e. The molecule has 0 fully saturated rings. The van der Waals surface area contributed by atoms with Crippen LogP contribution in [0.2, 0.25) is 5.15 Å². The molecule has 0 aliphatic carbocycles. The second kappa shape index (κ2) is 11.6. The first-order valence-electron chi connectivity index (χ1n) is 12.0. The van der Waals surface area contributed by atoms with Gasteiger partial charge in [0, 0.05) is 0 Å². The second-order valence-corrected chi connectivity index (χ2v) is 11.1. The van der Waals surface area contributed by atoms with Crippen molar-refractivity contribution < 1.29 is 13.2 Å². The first kappa shape index (κ1) is 27.1. The number of benzene rings is 3. The molecule has 0 saturated carbocycles. The van der Waals surface area contributed by atoms with E-state index in [-0.39, 0.29) is 16.0 Å². The summed E-state index contributed by atoms with van der Waals surface area (Å²) in [5.41, 5.74) is 5.95. The lowest BCUT2D eigenvalue weighted by Gasteiger charge is -2.24. The average molecular weight is 550 g/mol. The Balaban J connectivity index is 1.56. The maximum absolute atomic E-state index is 13.5. The van der Waals surface area contributed by atoms with Crippen LogP contribution in [-0.2, 0) is 14.8 Å².